The average Bonchev–Trinajstić information content (AvgIpc) is 3.02. The summed E-state index contributed by atoms with van der Waals surface area (Å²) in [6.45, 7) is 8.10. The third-order valence-corrected chi connectivity index (χ3v) is 4.45. The van der Waals surface area contributed by atoms with Crippen LogP contribution in [0.1, 0.15) is 33.3 Å². The molecule has 0 saturated heterocycles. The molecule has 134 valence electrons. The minimum Gasteiger partial charge on any atom is -0.411 e. The quantitative estimate of drug-likeness (QED) is 0.812. The van der Waals surface area contributed by atoms with Crippen LogP contribution in [0.3, 0.4) is 0 Å². The van der Waals surface area contributed by atoms with Gasteiger partial charge in [-0.15, -0.1) is 10.2 Å². The first-order valence-electron chi connectivity index (χ1n) is 7.84. The predicted molar refractivity (Wildman–Crippen MR) is 96.4 cm³/mol. The number of aromatic nitrogens is 2. The molecule has 0 unspecified atom stereocenters. The lowest BCUT2D eigenvalue weighted by Crippen LogP contribution is -2.41. The zero-order valence-electron chi connectivity index (χ0n) is 14.9. The predicted octanol–water partition coefficient (Wildman–Crippen LogP) is 2.97. The van der Waals surface area contributed by atoms with Gasteiger partial charge < -0.3 is 9.73 Å². The fourth-order valence-electron chi connectivity index (χ4n) is 1.97. The van der Waals surface area contributed by atoms with Crippen molar-refractivity contribution in [2.24, 2.45) is 0 Å². The molecule has 1 heterocycles. The number of benzene rings is 1. The van der Waals surface area contributed by atoms with Gasteiger partial charge >= 0.3 is 6.03 Å². The molecule has 0 bridgehead atoms. The van der Waals surface area contributed by atoms with Crippen molar-refractivity contribution >= 4 is 23.7 Å². The molecule has 1 aromatic carbocycles. The number of hydrogen-bond donors (Lipinski definition) is 2. The van der Waals surface area contributed by atoms with E-state index < -0.39 is 17.2 Å². The van der Waals surface area contributed by atoms with Crippen molar-refractivity contribution in [3.05, 3.63) is 29.8 Å². The monoisotopic (exact) mass is 362 g/mol. The standard InChI is InChI=1S/C17H22N4O3S/c1-10(13(22)19-15(23)18-5)25-16-21-20-14(24-16)11-6-8-12(9-7-11)17(2,3)4/h6-10H,1-5H3,(H2,18,19,22,23)/t10-/m1/s1. The zero-order chi connectivity index (χ0) is 18.6. The van der Waals surface area contributed by atoms with Gasteiger partial charge in [0.15, 0.2) is 0 Å². The Hall–Kier alpha value is -2.35. The highest BCUT2D eigenvalue weighted by molar-refractivity contribution is 8.00. The van der Waals surface area contributed by atoms with Gasteiger partial charge in [0.05, 0.1) is 5.25 Å². The van der Waals surface area contributed by atoms with Crippen LogP contribution in [-0.4, -0.2) is 34.4 Å². The lowest BCUT2D eigenvalue weighted by molar-refractivity contribution is -0.119. The van der Waals surface area contributed by atoms with Crippen LogP contribution in [0.5, 0.6) is 0 Å². The summed E-state index contributed by atoms with van der Waals surface area (Å²) in [5, 5.41) is 12.2. The average molecular weight is 362 g/mol. The van der Waals surface area contributed by atoms with E-state index in [2.05, 4.69) is 41.6 Å². The Labute approximate surface area is 151 Å². The lowest BCUT2D eigenvalue weighted by Gasteiger charge is -2.18. The van der Waals surface area contributed by atoms with E-state index in [4.69, 9.17) is 4.42 Å². The topological polar surface area (TPSA) is 97.1 Å². The molecule has 1 aromatic heterocycles. The van der Waals surface area contributed by atoms with Crippen LogP contribution in [0, 0.1) is 0 Å². The fraction of sp³-hybridized carbons (Fsp3) is 0.412. The highest BCUT2D eigenvalue weighted by atomic mass is 32.2. The molecule has 0 aliphatic heterocycles. The van der Waals surface area contributed by atoms with Crippen LogP contribution in [0.25, 0.3) is 11.5 Å². The van der Waals surface area contributed by atoms with E-state index in [9.17, 15) is 9.59 Å². The first kappa shape index (κ1) is 19.0. The largest absolute Gasteiger partial charge is 0.411 e. The number of imide groups is 1. The molecular formula is C17H22N4O3S. The van der Waals surface area contributed by atoms with Crippen LogP contribution in [0.15, 0.2) is 33.9 Å². The summed E-state index contributed by atoms with van der Waals surface area (Å²) in [7, 11) is 1.44. The first-order valence-corrected chi connectivity index (χ1v) is 8.72. The number of carbonyl (C=O) groups excluding carboxylic acids is 2. The lowest BCUT2D eigenvalue weighted by atomic mass is 9.87. The molecule has 0 fully saturated rings. The summed E-state index contributed by atoms with van der Waals surface area (Å²) in [6.07, 6.45) is 0. The van der Waals surface area contributed by atoms with Crippen molar-refractivity contribution in [1.29, 1.82) is 0 Å². The van der Waals surface area contributed by atoms with Crippen molar-refractivity contribution in [3.63, 3.8) is 0 Å². The maximum absolute atomic E-state index is 11.8. The Morgan fingerprint density at radius 1 is 1.16 bits per heavy atom. The molecule has 2 aromatic rings. The number of amides is 3. The number of thioether (sulfide) groups is 1. The summed E-state index contributed by atoms with van der Waals surface area (Å²) >= 11 is 1.09. The van der Waals surface area contributed by atoms with Crippen molar-refractivity contribution in [1.82, 2.24) is 20.8 Å². The minimum atomic E-state index is -0.553. The maximum Gasteiger partial charge on any atom is 0.321 e. The zero-order valence-corrected chi connectivity index (χ0v) is 15.7. The van der Waals surface area contributed by atoms with E-state index in [-0.39, 0.29) is 10.6 Å². The van der Waals surface area contributed by atoms with Crippen LogP contribution >= 0.6 is 11.8 Å². The third kappa shape index (κ3) is 5.06. The first-order chi connectivity index (χ1) is 11.7. The van der Waals surface area contributed by atoms with Gasteiger partial charge in [0.2, 0.25) is 11.8 Å². The SMILES string of the molecule is CNC(=O)NC(=O)[C@@H](C)Sc1nnc(-c2ccc(C(C)(C)C)cc2)o1. The van der Waals surface area contributed by atoms with E-state index in [1.165, 1.54) is 12.6 Å². The molecule has 25 heavy (non-hydrogen) atoms. The molecule has 3 amide bonds. The molecule has 2 N–H and O–H groups in total. The Morgan fingerprint density at radius 3 is 2.36 bits per heavy atom. The van der Waals surface area contributed by atoms with Gasteiger partial charge in [0, 0.05) is 12.6 Å². The number of urea groups is 1. The minimum absolute atomic E-state index is 0.0714. The molecule has 8 heteroatoms. The van der Waals surface area contributed by atoms with E-state index in [0.29, 0.717) is 5.89 Å². The highest BCUT2D eigenvalue weighted by Gasteiger charge is 2.20. The summed E-state index contributed by atoms with van der Waals surface area (Å²) in [6, 6.07) is 7.38. The molecule has 0 saturated carbocycles. The van der Waals surface area contributed by atoms with Crippen LogP contribution < -0.4 is 10.6 Å². The van der Waals surface area contributed by atoms with E-state index in [1.807, 2.05) is 24.3 Å². The molecule has 7 nitrogen and oxygen atoms in total. The van der Waals surface area contributed by atoms with Gasteiger partial charge in [0.1, 0.15) is 0 Å². The summed E-state index contributed by atoms with van der Waals surface area (Å²) in [4.78, 5) is 23.0. The van der Waals surface area contributed by atoms with Crippen LogP contribution in [-0.2, 0) is 10.2 Å². The highest BCUT2D eigenvalue weighted by Crippen LogP contribution is 2.28. The van der Waals surface area contributed by atoms with Crippen LogP contribution in [0.4, 0.5) is 4.79 Å². The van der Waals surface area contributed by atoms with E-state index >= 15 is 0 Å². The summed E-state index contributed by atoms with van der Waals surface area (Å²) < 4.78 is 5.61. The number of nitrogens with one attached hydrogen (secondary N) is 2. The second-order valence-corrected chi connectivity index (χ2v) is 7.82. The Morgan fingerprint density at radius 2 is 1.80 bits per heavy atom. The van der Waals surface area contributed by atoms with Gasteiger partial charge in [-0.05, 0) is 30.0 Å². The second kappa shape index (κ2) is 7.69. The van der Waals surface area contributed by atoms with Crippen molar-refractivity contribution in [2.75, 3.05) is 7.05 Å². The number of carbonyl (C=O) groups is 2. The van der Waals surface area contributed by atoms with Crippen LogP contribution in [0.2, 0.25) is 0 Å². The second-order valence-electron chi connectivity index (χ2n) is 6.53. The van der Waals surface area contributed by atoms with E-state index in [0.717, 1.165) is 17.3 Å². The number of hydrogen-bond acceptors (Lipinski definition) is 6. The van der Waals surface area contributed by atoms with Crippen molar-refractivity contribution in [2.45, 2.75) is 43.6 Å². The molecule has 0 radical (unpaired) electrons. The van der Waals surface area contributed by atoms with Gasteiger partial charge in [0.25, 0.3) is 5.22 Å². The van der Waals surface area contributed by atoms with Gasteiger partial charge in [-0.25, -0.2) is 4.79 Å². The Kier molecular flexibility index (Phi) is 5.84. The van der Waals surface area contributed by atoms with Crippen molar-refractivity contribution in [3.8, 4) is 11.5 Å². The molecule has 1 atom stereocenters. The number of rotatable bonds is 4. The maximum atomic E-state index is 11.8. The molecule has 0 aliphatic rings. The van der Waals surface area contributed by atoms with Gasteiger partial charge in [-0.1, -0.05) is 44.7 Å². The van der Waals surface area contributed by atoms with E-state index in [1.54, 1.807) is 6.92 Å². The Bertz CT molecular complexity index is 750. The molecule has 2 rings (SSSR count). The Balaban J connectivity index is 2.04. The van der Waals surface area contributed by atoms with Gasteiger partial charge in [-0.3, -0.25) is 10.1 Å². The van der Waals surface area contributed by atoms with Gasteiger partial charge in [-0.2, -0.15) is 0 Å². The summed E-state index contributed by atoms with van der Waals surface area (Å²) in [5.41, 5.74) is 2.10. The fourth-order valence-corrected chi connectivity index (χ4v) is 2.65. The molecule has 0 spiro atoms. The van der Waals surface area contributed by atoms with Crippen molar-refractivity contribution < 1.29 is 14.0 Å². The summed E-state index contributed by atoms with van der Waals surface area (Å²) in [5.74, 6) is -0.0412. The molecule has 0 aliphatic carbocycles. The number of nitrogens with zero attached hydrogens (tertiary/aromatic N) is 2. The smallest absolute Gasteiger partial charge is 0.321 e. The third-order valence-electron chi connectivity index (χ3n) is 3.51. The normalized spacial score (nSPS) is 12.5. The molecular weight excluding hydrogens is 340 g/mol.